The molecule has 0 spiro atoms. The molecule has 16 nitrogen and oxygen atoms in total. The molecule has 0 saturated carbocycles. The van der Waals surface area contributed by atoms with Gasteiger partial charge in [0.25, 0.3) is 0 Å². The molecule has 1 N–H and O–H groups in total. The number of rotatable bonds is 14. The van der Waals surface area contributed by atoms with Crippen LogP contribution in [0, 0.1) is 5.92 Å². The van der Waals surface area contributed by atoms with Crippen molar-refractivity contribution in [2.75, 3.05) is 19.8 Å². The molecule has 0 aromatic carbocycles. The van der Waals surface area contributed by atoms with Gasteiger partial charge >= 0.3 is 23.9 Å². The maximum atomic E-state index is 12.3. The van der Waals surface area contributed by atoms with Crippen LogP contribution in [0.25, 0.3) is 0 Å². The standard InChI is InChI=1S/C30H47NO15/c1-14(2)10-11-37-26-24(44-29-27(26)45-30(8,9)46-29)20(40-17(5)34)13-39-28-22(31-15(3)32)25(42-19(7)36)23(41-18(6)35)21(43-28)12-38-16(4)33/h14,20-29H,10-13H2,1-9H3,(H,31,32)/t20-,21+,22-,23+,24-,25+,26+,27+,28+,29+/m0/s1. The lowest BCUT2D eigenvalue weighted by atomic mass is 9.96. The summed E-state index contributed by atoms with van der Waals surface area (Å²) in [5.41, 5.74) is 0. The van der Waals surface area contributed by atoms with Crippen molar-refractivity contribution in [3.8, 4) is 0 Å². The lowest BCUT2D eigenvalue weighted by Gasteiger charge is -2.45. The van der Waals surface area contributed by atoms with E-state index in [-0.39, 0.29) is 6.61 Å². The van der Waals surface area contributed by atoms with Crippen molar-refractivity contribution < 1.29 is 71.3 Å². The topological polar surface area (TPSA) is 190 Å². The second kappa shape index (κ2) is 16.3. The van der Waals surface area contributed by atoms with E-state index in [1.54, 1.807) is 13.8 Å². The Balaban J connectivity index is 1.91. The van der Waals surface area contributed by atoms with Gasteiger partial charge in [0, 0.05) is 41.2 Å². The Hall–Kier alpha value is -2.89. The molecule has 0 aromatic rings. The maximum absolute atomic E-state index is 12.3. The van der Waals surface area contributed by atoms with Gasteiger partial charge in [-0.3, -0.25) is 24.0 Å². The van der Waals surface area contributed by atoms with Gasteiger partial charge < -0.3 is 52.7 Å². The third kappa shape index (κ3) is 10.6. The summed E-state index contributed by atoms with van der Waals surface area (Å²) < 4.78 is 58.3. The summed E-state index contributed by atoms with van der Waals surface area (Å²) >= 11 is 0. The molecule has 16 heteroatoms. The monoisotopic (exact) mass is 661 g/mol. The van der Waals surface area contributed by atoms with Gasteiger partial charge in [-0.1, -0.05) is 13.8 Å². The maximum Gasteiger partial charge on any atom is 0.303 e. The normalized spacial score (nSPS) is 32.3. The van der Waals surface area contributed by atoms with Crippen LogP contribution in [-0.4, -0.2) is 117 Å². The van der Waals surface area contributed by atoms with Gasteiger partial charge in [-0.15, -0.1) is 0 Å². The van der Waals surface area contributed by atoms with E-state index in [0.717, 1.165) is 20.3 Å². The van der Waals surface area contributed by atoms with Crippen LogP contribution in [-0.2, 0) is 71.3 Å². The van der Waals surface area contributed by atoms with Crippen molar-refractivity contribution in [3.05, 3.63) is 0 Å². The lowest BCUT2D eigenvalue weighted by molar-refractivity contribution is -0.287. The van der Waals surface area contributed by atoms with Gasteiger partial charge in [-0.25, -0.2) is 0 Å². The summed E-state index contributed by atoms with van der Waals surface area (Å²) in [5.74, 6) is -3.90. The second-order valence-corrected chi connectivity index (χ2v) is 12.3. The van der Waals surface area contributed by atoms with Crippen molar-refractivity contribution in [1.82, 2.24) is 5.32 Å². The molecule has 0 radical (unpaired) electrons. The number of ether oxygens (including phenoxy) is 10. The SMILES string of the molecule is CC(=O)N[C@@H]1[C@H](OC[C@H](OC(C)=O)[C@@H]2O[C@@H]3OC(C)(C)O[C@@H]3[C@@H]2OCCC(C)C)O[C@H](COC(C)=O)[C@@H](OC(C)=O)[C@@H]1OC(C)=O. The fourth-order valence-corrected chi connectivity index (χ4v) is 5.46. The van der Waals surface area contributed by atoms with Crippen molar-refractivity contribution in [2.24, 2.45) is 5.92 Å². The highest BCUT2D eigenvalue weighted by atomic mass is 16.8. The van der Waals surface area contributed by atoms with Gasteiger partial charge in [0.1, 0.15) is 37.1 Å². The molecule has 46 heavy (non-hydrogen) atoms. The predicted octanol–water partition coefficient (Wildman–Crippen LogP) is 0.899. The number of esters is 4. The van der Waals surface area contributed by atoms with Gasteiger partial charge in [0.05, 0.1) is 6.61 Å². The van der Waals surface area contributed by atoms with Crippen LogP contribution >= 0.6 is 0 Å². The van der Waals surface area contributed by atoms with Crippen LogP contribution in [0.15, 0.2) is 0 Å². The fourth-order valence-electron chi connectivity index (χ4n) is 5.46. The molecule has 3 fully saturated rings. The summed E-state index contributed by atoms with van der Waals surface area (Å²) in [4.78, 5) is 60.4. The number of hydrogen-bond acceptors (Lipinski definition) is 15. The molecule has 0 aliphatic carbocycles. The van der Waals surface area contributed by atoms with E-state index < -0.39 is 104 Å². The Morgan fingerprint density at radius 3 is 2.02 bits per heavy atom. The molecule has 262 valence electrons. The zero-order valence-corrected chi connectivity index (χ0v) is 27.8. The molecule has 0 unspecified atom stereocenters. The minimum atomic E-state index is -1.38. The first-order valence-corrected chi connectivity index (χ1v) is 15.3. The predicted molar refractivity (Wildman–Crippen MR) is 153 cm³/mol. The zero-order chi connectivity index (χ0) is 34.3. The van der Waals surface area contributed by atoms with Crippen LogP contribution in [0.4, 0.5) is 0 Å². The van der Waals surface area contributed by atoms with Gasteiger partial charge in [-0.05, 0) is 26.2 Å². The van der Waals surface area contributed by atoms with E-state index >= 15 is 0 Å². The molecule has 10 atom stereocenters. The van der Waals surface area contributed by atoms with Crippen LogP contribution in [0.1, 0.15) is 68.7 Å². The number of nitrogens with one attached hydrogen (secondary N) is 1. The summed E-state index contributed by atoms with van der Waals surface area (Å²) in [7, 11) is 0. The molecule has 0 aromatic heterocycles. The number of hydrogen-bond donors (Lipinski definition) is 1. The van der Waals surface area contributed by atoms with E-state index in [9.17, 15) is 24.0 Å². The molecule has 1 amide bonds. The highest BCUT2D eigenvalue weighted by Gasteiger charge is 2.58. The summed E-state index contributed by atoms with van der Waals surface area (Å²) in [6.45, 7) is 13.1. The number of fused-ring (bicyclic) bond motifs is 1. The second-order valence-electron chi connectivity index (χ2n) is 12.3. The van der Waals surface area contributed by atoms with Crippen LogP contribution in [0.5, 0.6) is 0 Å². The Bertz CT molecular complexity index is 1100. The molecule has 3 aliphatic rings. The minimum absolute atomic E-state index is 0.358. The summed E-state index contributed by atoms with van der Waals surface area (Å²) in [6.07, 6.45) is -8.58. The molecular weight excluding hydrogens is 614 g/mol. The van der Waals surface area contributed by atoms with Crippen LogP contribution in [0.3, 0.4) is 0 Å². The molecule has 3 heterocycles. The van der Waals surface area contributed by atoms with Crippen molar-refractivity contribution in [1.29, 1.82) is 0 Å². The zero-order valence-electron chi connectivity index (χ0n) is 27.8. The molecule has 3 saturated heterocycles. The van der Waals surface area contributed by atoms with E-state index in [0.29, 0.717) is 12.5 Å². The summed E-state index contributed by atoms with van der Waals surface area (Å²) in [5, 5.41) is 2.63. The Morgan fingerprint density at radius 1 is 0.804 bits per heavy atom. The Labute approximate surface area is 268 Å². The quantitative estimate of drug-likeness (QED) is 0.204. The average molecular weight is 662 g/mol. The largest absolute Gasteiger partial charge is 0.463 e. The number of amides is 1. The highest BCUT2D eigenvalue weighted by molar-refractivity contribution is 5.73. The minimum Gasteiger partial charge on any atom is -0.463 e. The third-order valence-corrected chi connectivity index (χ3v) is 7.21. The first-order valence-electron chi connectivity index (χ1n) is 15.3. The van der Waals surface area contributed by atoms with Crippen LogP contribution in [0.2, 0.25) is 0 Å². The number of carbonyl (C=O) groups is 5. The van der Waals surface area contributed by atoms with E-state index in [4.69, 9.17) is 47.4 Å². The molecular formula is C30H47NO15. The van der Waals surface area contributed by atoms with Crippen molar-refractivity contribution >= 4 is 29.8 Å². The molecule has 3 rings (SSSR count). The molecule has 3 aliphatic heterocycles. The Morgan fingerprint density at radius 2 is 1.46 bits per heavy atom. The average Bonchev–Trinajstić information content (AvgIpc) is 3.38. The van der Waals surface area contributed by atoms with Crippen molar-refractivity contribution in [3.63, 3.8) is 0 Å². The van der Waals surface area contributed by atoms with Gasteiger partial charge in [0.2, 0.25) is 5.91 Å². The van der Waals surface area contributed by atoms with Crippen molar-refractivity contribution in [2.45, 2.75) is 136 Å². The first-order chi connectivity index (χ1) is 21.5. The Kier molecular flexibility index (Phi) is 13.3. The smallest absolute Gasteiger partial charge is 0.303 e. The fraction of sp³-hybridized carbons (Fsp3) is 0.833. The van der Waals surface area contributed by atoms with Crippen LogP contribution < -0.4 is 5.32 Å². The van der Waals surface area contributed by atoms with Gasteiger partial charge in [-0.2, -0.15) is 0 Å². The van der Waals surface area contributed by atoms with E-state index in [1.807, 2.05) is 0 Å². The lowest BCUT2D eigenvalue weighted by Crippen LogP contribution is -2.67. The summed E-state index contributed by atoms with van der Waals surface area (Å²) in [6, 6.07) is -1.22. The van der Waals surface area contributed by atoms with E-state index in [2.05, 4.69) is 19.2 Å². The first kappa shape index (κ1) is 37.6. The highest BCUT2D eigenvalue weighted by Crippen LogP contribution is 2.40. The number of carbonyl (C=O) groups excluding carboxylic acids is 5. The third-order valence-electron chi connectivity index (χ3n) is 7.21. The molecule has 0 bridgehead atoms. The van der Waals surface area contributed by atoms with E-state index in [1.165, 1.54) is 20.8 Å². The van der Waals surface area contributed by atoms with Gasteiger partial charge in [0.15, 0.2) is 36.7 Å².